The van der Waals surface area contributed by atoms with Gasteiger partial charge in [0.1, 0.15) is 0 Å². The average Bonchev–Trinajstić information content (AvgIpc) is 2.25. The fraction of sp³-hybridized carbons (Fsp3) is 0.769. The minimum Gasteiger partial charge on any atom is -0.487 e. The van der Waals surface area contributed by atoms with Gasteiger partial charge in [0.2, 0.25) is 5.78 Å². The summed E-state index contributed by atoms with van der Waals surface area (Å²) in [6, 6.07) is 0. The quantitative estimate of drug-likeness (QED) is 0.611. The third-order valence-electron chi connectivity index (χ3n) is 3.45. The normalized spacial score (nSPS) is 30.5. The van der Waals surface area contributed by atoms with Crippen LogP contribution in [-0.2, 0) is 9.53 Å². The smallest absolute Gasteiger partial charge is 0.202 e. The Morgan fingerprint density at radius 3 is 2.00 bits per heavy atom. The van der Waals surface area contributed by atoms with Crippen LogP contribution in [0.15, 0.2) is 12.3 Å². The maximum absolute atomic E-state index is 11.9. The molecule has 15 heavy (non-hydrogen) atoms. The summed E-state index contributed by atoms with van der Waals surface area (Å²) in [7, 11) is 0. The van der Waals surface area contributed by atoms with Crippen LogP contribution in [0.1, 0.15) is 47.0 Å². The molecule has 0 aromatic rings. The first-order valence-corrected chi connectivity index (χ1v) is 5.64. The van der Waals surface area contributed by atoms with Crippen molar-refractivity contribution in [2.75, 3.05) is 0 Å². The first-order valence-electron chi connectivity index (χ1n) is 5.64. The van der Waals surface area contributed by atoms with Gasteiger partial charge in [-0.3, -0.25) is 4.79 Å². The molecule has 1 aliphatic heterocycles. The van der Waals surface area contributed by atoms with E-state index in [0.717, 1.165) is 19.3 Å². The Morgan fingerprint density at radius 2 is 1.60 bits per heavy atom. The summed E-state index contributed by atoms with van der Waals surface area (Å²) < 4.78 is 5.63. The molecule has 2 rings (SSSR count). The Bertz CT molecular complexity index is 307. The first kappa shape index (κ1) is 10.7. The lowest BCUT2D eigenvalue weighted by Gasteiger charge is -2.48. The van der Waals surface area contributed by atoms with Gasteiger partial charge >= 0.3 is 0 Å². The number of carbonyl (C=O) groups is 1. The van der Waals surface area contributed by atoms with Gasteiger partial charge in [-0.1, -0.05) is 27.7 Å². The van der Waals surface area contributed by atoms with Crippen LogP contribution in [0.2, 0.25) is 0 Å². The van der Waals surface area contributed by atoms with Gasteiger partial charge in [0.15, 0.2) is 5.60 Å². The zero-order valence-electron chi connectivity index (χ0n) is 10.1. The lowest BCUT2D eigenvalue weighted by atomic mass is 9.59. The van der Waals surface area contributed by atoms with Gasteiger partial charge in [0.05, 0.1) is 6.26 Å². The number of hydrogen-bond donors (Lipinski definition) is 0. The molecule has 1 fully saturated rings. The van der Waals surface area contributed by atoms with Crippen molar-refractivity contribution in [3.63, 3.8) is 0 Å². The van der Waals surface area contributed by atoms with Crippen molar-refractivity contribution in [3.8, 4) is 0 Å². The Hall–Kier alpha value is -0.790. The molecule has 2 nitrogen and oxygen atoms in total. The summed E-state index contributed by atoms with van der Waals surface area (Å²) >= 11 is 0. The maximum Gasteiger partial charge on any atom is 0.202 e. The van der Waals surface area contributed by atoms with Crippen molar-refractivity contribution in [2.45, 2.75) is 52.6 Å². The molecule has 2 heteroatoms. The van der Waals surface area contributed by atoms with E-state index in [1.54, 1.807) is 12.3 Å². The largest absolute Gasteiger partial charge is 0.487 e. The molecule has 0 unspecified atom stereocenters. The first-order chi connectivity index (χ1) is 6.75. The number of rotatable bonds is 0. The van der Waals surface area contributed by atoms with Gasteiger partial charge in [0, 0.05) is 6.08 Å². The second-order valence-corrected chi connectivity index (χ2v) is 6.64. The van der Waals surface area contributed by atoms with Gasteiger partial charge < -0.3 is 4.74 Å². The van der Waals surface area contributed by atoms with E-state index < -0.39 is 5.60 Å². The molecular formula is C13H20O2. The molecule has 0 aromatic heterocycles. The molecule has 0 saturated heterocycles. The average molecular weight is 208 g/mol. The van der Waals surface area contributed by atoms with Crippen LogP contribution in [0.25, 0.3) is 0 Å². The monoisotopic (exact) mass is 208 g/mol. The number of ether oxygens (including phenoxy) is 1. The highest BCUT2D eigenvalue weighted by Gasteiger charge is 2.53. The number of ketones is 1. The molecule has 0 amide bonds. The van der Waals surface area contributed by atoms with Crippen molar-refractivity contribution in [1.29, 1.82) is 0 Å². The molecule has 2 aliphatic rings. The zero-order chi connectivity index (χ0) is 11.3. The summed E-state index contributed by atoms with van der Waals surface area (Å²) in [6.07, 6.45) is 5.99. The van der Waals surface area contributed by atoms with Crippen LogP contribution in [0, 0.1) is 10.8 Å². The van der Waals surface area contributed by atoms with Crippen LogP contribution in [0.4, 0.5) is 0 Å². The molecule has 1 saturated carbocycles. The summed E-state index contributed by atoms with van der Waals surface area (Å²) in [5.41, 5.74) is -0.182. The Labute approximate surface area is 91.7 Å². The fourth-order valence-corrected chi connectivity index (χ4v) is 3.72. The van der Waals surface area contributed by atoms with E-state index in [4.69, 9.17) is 4.74 Å². The van der Waals surface area contributed by atoms with E-state index in [-0.39, 0.29) is 16.6 Å². The molecule has 0 atom stereocenters. The molecule has 0 N–H and O–H groups in total. The second-order valence-electron chi connectivity index (χ2n) is 6.64. The van der Waals surface area contributed by atoms with Gasteiger partial charge in [-0.25, -0.2) is 0 Å². The molecule has 84 valence electrons. The van der Waals surface area contributed by atoms with Crippen LogP contribution in [0.5, 0.6) is 0 Å². The zero-order valence-corrected chi connectivity index (χ0v) is 10.1. The topological polar surface area (TPSA) is 26.3 Å². The van der Waals surface area contributed by atoms with Crippen molar-refractivity contribution in [2.24, 2.45) is 10.8 Å². The maximum atomic E-state index is 11.9. The third kappa shape index (κ3) is 1.82. The van der Waals surface area contributed by atoms with Gasteiger partial charge in [-0.05, 0) is 30.1 Å². The van der Waals surface area contributed by atoms with Crippen molar-refractivity contribution in [1.82, 2.24) is 0 Å². The molecule has 0 aromatic carbocycles. The summed E-state index contributed by atoms with van der Waals surface area (Å²) in [5.74, 6) is 0.156. The highest BCUT2D eigenvalue weighted by atomic mass is 16.5. The molecule has 1 spiro atoms. The van der Waals surface area contributed by atoms with Crippen LogP contribution < -0.4 is 0 Å². The standard InChI is InChI=1S/C13H20O2/c1-11(2)7-12(3,4)9-13(8-11)10(14)5-6-15-13/h5-6H,7-9H2,1-4H3. The summed E-state index contributed by atoms with van der Waals surface area (Å²) in [6.45, 7) is 8.91. The van der Waals surface area contributed by atoms with Gasteiger partial charge in [-0.15, -0.1) is 0 Å². The highest BCUT2D eigenvalue weighted by Crippen LogP contribution is 2.52. The van der Waals surface area contributed by atoms with Crippen molar-refractivity contribution in [3.05, 3.63) is 12.3 Å². The van der Waals surface area contributed by atoms with E-state index in [1.165, 1.54) is 0 Å². The Balaban J connectivity index is 2.32. The van der Waals surface area contributed by atoms with Crippen molar-refractivity contribution < 1.29 is 9.53 Å². The molecule has 0 bridgehead atoms. The second kappa shape index (κ2) is 2.87. The van der Waals surface area contributed by atoms with E-state index in [0.29, 0.717) is 0 Å². The van der Waals surface area contributed by atoms with Gasteiger partial charge in [0.25, 0.3) is 0 Å². The van der Waals surface area contributed by atoms with E-state index in [2.05, 4.69) is 27.7 Å². The third-order valence-corrected chi connectivity index (χ3v) is 3.45. The van der Waals surface area contributed by atoms with E-state index in [1.807, 2.05) is 0 Å². The SMILES string of the molecule is CC1(C)CC(C)(C)CC2(C1)OC=CC2=O. The summed E-state index contributed by atoms with van der Waals surface area (Å²) in [4.78, 5) is 11.9. The lowest BCUT2D eigenvalue weighted by Crippen LogP contribution is -2.49. The van der Waals surface area contributed by atoms with Crippen LogP contribution >= 0.6 is 0 Å². The summed E-state index contributed by atoms with van der Waals surface area (Å²) in [5, 5.41) is 0. The minimum atomic E-state index is -0.550. The van der Waals surface area contributed by atoms with Crippen LogP contribution in [-0.4, -0.2) is 11.4 Å². The highest BCUT2D eigenvalue weighted by molar-refractivity contribution is 5.98. The molecular weight excluding hydrogens is 188 g/mol. The molecule has 1 heterocycles. The van der Waals surface area contributed by atoms with E-state index >= 15 is 0 Å². The Kier molecular flexibility index (Phi) is 2.05. The minimum absolute atomic E-state index is 0.156. The molecule has 1 aliphatic carbocycles. The number of carbonyl (C=O) groups excluding carboxylic acids is 1. The lowest BCUT2D eigenvalue weighted by molar-refractivity contribution is -0.143. The van der Waals surface area contributed by atoms with Crippen LogP contribution in [0.3, 0.4) is 0 Å². The fourth-order valence-electron chi connectivity index (χ4n) is 3.72. The predicted molar refractivity (Wildman–Crippen MR) is 59.4 cm³/mol. The number of hydrogen-bond acceptors (Lipinski definition) is 2. The predicted octanol–water partition coefficient (Wildman–Crippen LogP) is 3.07. The Morgan fingerprint density at radius 1 is 1.07 bits per heavy atom. The molecule has 0 radical (unpaired) electrons. The van der Waals surface area contributed by atoms with Gasteiger partial charge in [-0.2, -0.15) is 0 Å². The van der Waals surface area contributed by atoms with E-state index in [9.17, 15) is 4.79 Å². The van der Waals surface area contributed by atoms with Crippen molar-refractivity contribution >= 4 is 5.78 Å².